The van der Waals surface area contributed by atoms with Gasteiger partial charge in [0.25, 0.3) is 15.9 Å². The Balaban J connectivity index is 1.95. The Kier molecular flexibility index (Phi) is 7.04. The third-order valence-corrected chi connectivity index (χ3v) is 6.84. The predicted molar refractivity (Wildman–Crippen MR) is 116 cm³/mol. The van der Waals surface area contributed by atoms with Gasteiger partial charge in [0.2, 0.25) is 0 Å². The van der Waals surface area contributed by atoms with Crippen molar-refractivity contribution in [1.82, 2.24) is 5.32 Å². The minimum absolute atomic E-state index is 0.104. The SMILES string of the molecule is CC(=NS(=O)(=O)c1ccc(NC(=O)c2ccccc2C)cc1C(F)(F)F)C1CCNCC1. The van der Waals surface area contributed by atoms with E-state index in [2.05, 4.69) is 15.0 Å². The minimum atomic E-state index is -4.95. The molecule has 10 heteroatoms. The van der Waals surface area contributed by atoms with Crippen molar-refractivity contribution in [1.29, 1.82) is 0 Å². The summed E-state index contributed by atoms with van der Waals surface area (Å²) in [6.45, 7) is 4.62. The lowest BCUT2D eigenvalue weighted by Crippen LogP contribution is -2.31. The second-order valence-corrected chi connectivity index (χ2v) is 9.28. The molecule has 6 nitrogen and oxygen atoms in total. The van der Waals surface area contributed by atoms with Crippen LogP contribution in [0.3, 0.4) is 0 Å². The number of sulfonamides is 1. The molecule has 0 unspecified atom stereocenters. The van der Waals surface area contributed by atoms with Crippen LogP contribution in [0.5, 0.6) is 0 Å². The molecule has 1 aliphatic rings. The van der Waals surface area contributed by atoms with Crippen LogP contribution in [0.25, 0.3) is 0 Å². The molecule has 1 aliphatic heterocycles. The maximum Gasteiger partial charge on any atom is 0.417 e. The normalized spacial score (nSPS) is 16.1. The van der Waals surface area contributed by atoms with E-state index in [9.17, 15) is 26.4 Å². The van der Waals surface area contributed by atoms with Gasteiger partial charge in [0, 0.05) is 22.9 Å². The number of rotatable bonds is 5. The lowest BCUT2D eigenvalue weighted by Gasteiger charge is -2.22. The summed E-state index contributed by atoms with van der Waals surface area (Å²) in [6, 6.07) is 9.22. The molecular weight excluding hydrogens is 443 g/mol. The molecule has 0 atom stereocenters. The molecule has 2 aromatic rings. The van der Waals surface area contributed by atoms with E-state index in [-0.39, 0.29) is 17.3 Å². The van der Waals surface area contributed by atoms with Crippen LogP contribution in [-0.4, -0.2) is 33.1 Å². The highest BCUT2D eigenvalue weighted by atomic mass is 32.2. The zero-order valence-corrected chi connectivity index (χ0v) is 18.5. The average Bonchev–Trinajstić information content (AvgIpc) is 2.73. The van der Waals surface area contributed by atoms with Gasteiger partial charge in [0.1, 0.15) is 4.90 Å². The highest BCUT2D eigenvalue weighted by molar-refractivity contribution is 7.90. The van der Waals surface area contributed by atoms with Gasteiger partial charge in [0.05, 0.1) is 5.56 Å². The topological polar surface area (TPSA) is 87.6 Å². The monoisotopic (exact) mass is 467 g/mol. The fourth-order valence-electron chi connectivity index (χ4n) is 3.63. The van der Waals surface area contributed by atoms with Crippen molar-refractivity contribution in [3.05, 3.63) is 59.2 Å². The summed E-state index contributed by atoms with van der Waals surface area (Å²) in [7, 11) is -4.59. The molecule has 0 bridgehead atoms. The fraction of sp³-hybridized carbons (Fsp3) is 0.364. The number of benzene rings is 2. The molecule has 1 fully saturated rings. The van der Waals surface area contributed by atoms with Gasteiger partial charge in [-0.15, -0.1) is 0 Å². The van der Waals surface area contributed by atoms with Crippen molar-refractivity contribution < 1.29 is 26.4 Å². The first kappa shape index (κ1) is 23.9. The van der Waals surface area contributed by atoms with Crippen LogP contribution >= 0.6 is 0 Å². The van der Waals surface area contributed by atoms with Crippen LogP contribution in [0, 0.1) is 12.8 Å². The van der Waals surface area contributed by atoms with Gasteiger partial charge in [-0.2, -0.15) is 26.0 Å². The number of aryl methyl sites for hydroxylation is 1. The molecule has 172 valence electrons. The van der Waals surface area contributed by atoms with Crippen molar-refractivity contribution >= 4 is 27.3 Å². The average molecular weight is 468 g/mol. The molecular formula is C22H24F3N3O3S. The standard InChI is InChI=1S/C22H24F3N3O3S/c1-14-5-3-4-6-18(14)21(29)27-17-7-8-20(19(13-17)22(23,24)25)32(30,31)28-15(2)16-9-11-26-12-10-16/h3-8,13,16,26H,9-12H2,1-2H3,(H,27,29). The Labute approximate surface area is 185 Å². The van der Waals surface area contributed by atoms with Crippen LogP contribution in [0.15, 0.2) is 51.8 Å². The molecule has 0 spiro atoms. The molecule has 1 saturated heterocycles. The van der Waals surface area contributed by atoms with Gasteiger partial charge in [-0.1, -0.05) is 18.2 Å². The van der Waals surface area contributed by atoms with Crippen molar-refractivity contribution in [2.45, 2.75) is 37.8 Å². The van der Waals surface area contributed by atoms with Crippen molar-refractivity contribution in [2.75, 3.05) is 18.4 Å². The van der Waals surface area contributed by atoms with Gasteiger partial charge in [-0.25, -0.2) is 0 Å². The third-order valence-electron chi connectivity index (χ3n) is 5.40. The van der Waals surface area contributed by atoms with E-state index < -0.39 is 32.6 Å². The zero-order chi connectivity index (χ0) is 23.5. The zero-order valence-electron chi connectivity index (χ0n) is 17.7. The molecule has 1 heterocycles. The van der Waals surface area contributed by atoms with Gasteiger partial charge >= 0.3 is 6.18 Å². The number of hydrogen-bond donors (Lipinski definition) is 2. The Morgan fingerprint density at radius 2 is 1.78 bits per heavy atom. The Hall–Kier alpha value is -2.72. The maximum absolute atomic E-state index is 13.7. The summed E-state index contributed by atoms with van der Waals surface area (Å²) in [6.07, 6.45) is -3.62. The van der Waals surface area contributed by atoms with E-state index in [1.807, 2.05) is 0 Å². The van der Waals surface area contributed by atoms with E-state index in [0.717, 1.165) is 12.1 Å². The molecule has 0 aromatic heterocycles. The number of piperidine rings is 1. The number of carbonyl (C=O) groups is 1. The van der Waals surface area contributed by atoms with Crippen molar-refractivity contribution in [3.63, 3.8) is 0 Å². The van der Waals surface area contributed by atoms with Gasteiger partial charge < -0.3 is 10.6 Å². The maximum atomic E-state index is 13.7. The number of nitrogens with zero attached hydrogens (tertiary/aromatic N) is 1. The second-order valence-electron chi connectivity index (χ2n) is 7.71. The first-order valence-corrected chi connectivity index (χ1v) is 11.5. The summed E-state index contributed by atoms with van der Waals surface area (Å²) < 4.78 is 70.4. The minimum Gasteiger partial charge on any atom is -0.322 e. The van der Waals surface area contributed by atoms with E-state index in [4.69, 9.17) is 0 Å². The highest BCUT2D eigenvalue weighted by Gasteiger charge is 2.38. The molecule has 32 heavy (non-hydrogen) atoms. The van der Waals surface area contributed by atoms with E-state index in [0.29, 0.717) is 43.1 Å². The number of hydrogen-bond acceptors (Lipinski definition) is 4. The molecule has 3 rings (SSSR count). The third kappa shape index (κ3) is 5.55. The number of carbonyl (C=O) groups excluding carboxylic acids is 1. The molecule has 2 N–H and O–H groups in total. The van der Waals surface area contributed by atoms with Crippen molar-refractivity contribution in [3.8, 4) is 0 Å². The number of nitrogens with one attached hydrogen (secondary N) is 2. The largest absolute Gasteiger partial charge is 0.417 e. The van der Waals surface area contributed by atoms with Crippen LogP contribution in [0.4, 0.5) is 18.9 Å². The summed E-state index contributed by atoms with van der Waals surface area (Å²) in [4.78, 5) is 11.5. The predicted octanol–water partition coefficient (Wildman–Crippen LogP) is 4.42. The fourth-order valence-corrected chi connectivity index (χ4v) is 4.95. The van der Waals surface area contributed by atoms with Crippen LogP contribution in [0.1, 0.15) is 41.3 Å². The lowest BCUT2D eigenvalue weighted by molar-refractivity contribution is -0.139. The number of halogens is 3. The number of amides is 1. The summed E-state index contributed by atoms with van der Waals surface area (Å²) in [5, 5.41) is 5.55. The smallest absolute Gasteiger partial charge is 0.322 e. The Bertz CT molecular complexity index is 1140. The molecule has 0 radical (unpaired) electrons. The first-order chi connectivity index (χ1) is 15.0. The lowest BCUT2D eigenvalue weighted by atomic mass is 9.94. The Morgan fingerprint density at radius 1 is 1.12 bits per heavy atom. The second kappa shape index (κ2) is 9.41. The van der Waals surface area contributed by atoms with Crippen LogP contribution < -0.4 is 10.6 Å². The summed E-state index contributed by atoms with van der Waals surface area (Å²) in [5.41, 5.74) is -0.287. The van der Waals surface area contributed by atoms with Crippen LogP contribution in [-0.2, 0) is 16.2 Å². The quantitative estimate of drug-likeness (QED) is 0.638. The Morgan fingerprint density at radius 3 is 2.41 bits per heavy atom. The van der Waals surface area contributed by atoms with E-state index in [1.54, 1.807) is 31.2 Å². The summed E-state index contributed by atoms with van der Waals surface area (Å²) >= 11 is 0. The molecule has 1 amide bonds. The number of anilines is 1. The number of alkyl halides is 3. The highest BCUT2D eigenvalue weighted by Crippen LogP contribution is 2.37. The van der Waals surface area contributed by atoms with Gasteiger partial charge in [-0.3, -0.25) is 4.79 Å². The van der Waals surface area contributed by atoms with E-state index in [1.165, 1.54) is 6.92 Å². The molecule has 0 saturated carbocycles. The van der Waals surface area contributed by atoms with Crippen molar-refractivity contribution in [2.24, 2.45) is 10.3 Å². The molecule has 0 aliphatic carbocycles. The van der Waals surface area contributed by atoms with Gasteiger partial charge in [-0.05, 0) is 69.6 Å². The molecule has 2 aromatic carbocycles. The van der Waals surface area contributed by atoms with Crippen LogP contribution in [0.2, 0.25) is 0 Å². The first-order valence-electron chi connectivity index (χ1n) is 10.1. The summed E-state index contributed by atoms with van der Waals surface area (Å²) in [5.74, 6) is -0.695. The van der Waals surface area contributed by atoms with E-state index >= 15 is 0 Å². The van der Waals surface area contributed by atoms with Gasteiger partial charge in [0.15, 0.2) is 0 Å².